The molecule has 1 aromatic heterocycles. The first kappa shape index (κ1) is 21.5. The molecule has 0 radical (unpaired) electrons. The van der Waals surface area contributed by atoms with Gasteiger partial charge in [-0.15, -0.1) is 0 Å². The Bertz CT molecular complexity index is 1110. The molecule has 32 heavy (non-hydrogen) atoms. The quantitative estimate of drug-likeness (QED) is 0.607. The van der Waals surface area contributed by atoms with Gasteiger partial charge in [-0.25, -0.2) is 14.8 Å². The first-order chi connectivity index (χ1) is 15.5. The number of morpholine rings is 1. The number of Topliss-reactive ketones (excluding diaryl/α,β-unsaturated/α-hetero) is 1. The van der Waals surface area contributed by atoms with Gasteiger partial charge < -0.3 is 14.4 Å². The van der Waals surface area contributed by atoms with E-state index in [-0.39, 0.29) is 5.78 Å². The van der Waals surface area contributed by atoms with Crippen LogP contribution in [0.5, 0.6) is 5.75 Å². The van der Waals surface area contributed by atoms with Gasteiger partial charge in [0.05, 0.1) is 13.2 Å². The zero-order valence-corrected chi connectivity index (χ0v) is 18.0. The van der Waals surface area contributed by atoms with E-state index in [9.17, 15) is 9.59 Å². The van der Waals surface area contributed by atoms with Crippen molar-refractivity contribution in [2.45, 2.75) is 13.8 Å². The molecular formula is C24H24N4O4. The van der Waals surface area contributed by atoms with Gasteiger partial charge in [-0.05, 0) is 43.3 Å². The van der Waals surface area contributed by atoms with Crippen LogP contribution >= 0.6 is 0 Å². The van der Waals surface area contributed by atoms with Crippen LogP contribution in [0.25, 0.3) is 11.4 Å². The second-order valence-corrected chi connectivity index (χ2v) is 7.40. The lowest BCUT2D eigenvalue weighted by Crippen LogP contribution is -2.37. The summed E-state index contributed by atoms with van der Waals surface area (Å²) in [4.78, 5) is 35.7. The number of nitrogens with one attached hydrogen (secondary N) is 1. The van der Waals surface area contributed by atoms with E-state index >= 15 is 0 Å². The number of nitrogens with zero attached hydrogens (tertiary/aromatic N) is 3. The number of hydrogen-bond donors (Lipinski definition) is 1. The standard InChI is InChI=1S/C24H24N4O4/c1-16-21(17(2)29)26-22(27-23(16)28-12-14-31-15-13-28)18-8-10-19(11-9-18)25-24(30)32-20-6-4-3-5-7-20/h3-11H,12-15H2,1-2H3,(H,25,30). The summed E-state index contributed by atoms with van der Waals surface area (Å²) in [5, 5.41) is 2.69. The van der Waals surface area contributed by atoms with Crippen molar-refractivity contribution in [3.8, 4) is 17.1 Å². The number of anilines is 2. The molecule has 1 aliphatic rings. The van der Waals surface area contributed by atoms with Crippen LogP contribution in [-0.2, 0) is 4.74 Å². The highest BCUT2D eigenvalue weighted by Crippen LogP contribution is 2.26. The average Bonchev–Trinajstić information content (AvgIpc) is 2.81. The van der Waals surface area contributed by atoms with Crippen molar-refractivity contribution < 1.29 is 19.1 Å². The highest BCUT2D eigenvalue weighted by atomic mass is 16.6. The number of aromatic nitrogens is 2. The van der Waals surface area contributed by atoms with Gasteiger partial charge in [-0.3, -0.25) is 10.1 Å². The van der Waals surface area contributed by atoms with Crippen LogP contribution in [0.2, 0.25) is 0 Å². The Morgan fingerprint density at radius 3 is 2.34 bits per heavy atom. The van der Waals surface area contributed by atoms with E-state index in [0.29, 0.717) is 49.3 Å². The lowest BCUT2D eigenvalue weighted by atomic mass is 10.1. The minimum Gasteiger partial charge on any atom is -0.410 e. The van der Waals surface area contributed by atoms with E-state index in [1.165, 1.54) is 6.92 Å². The van der Waals surface area contributed by atoms with Crippen LogP contribution in [-0.4, -0.2) is 48.1 Å². The molecule has 0 unspecified atom stereocenters. The van der Waals surface area contributed by atoms with Crippen LogP contribution in [0, 0.1) is 6.92 Å². The average molecular weight is 432 g/mol. The van der Waals surface area contributed by atoms with Gasteiger partial charge in [-0.1, -0.05) is 18.2 Å². The molecule has 2 aromatic carbocycles. The molecule has 1 aliphatic heterocycles. The van der Waals surface area contributed by atoms with E-state index in [1.54, 1.807) is 48.5 Å². The summed E-state index contributed by atoms with van der Waals surface area (Å²) >= 11 is 0. The SMILES string of the molecule is CC(=O)c1nc(-c2ccc(NC(=O)Oc3ccccc3)cc2)nc(N2CCOCC2)c1C. The van der Waals surface area contributed by atoms with Crippen molar-refractivity contribution in [3.05, 3.63) is 65.9 Å². The largest absolute Gasteiger partial charge is 0.417 e. The highest BCUT2D eigenvalue weighted by molar-refractivity contribution is 5.95. The lowest BCUT2D eigenvalue weighted by Gasteiger charge is -2.29. The Morgan fingerprint density at radius 2 is 1.69 bits per heavy atom. The smallest absolute Gasteiger partial charge is 0.410 e. The molecular weight excluding hydrogens is 408 g/mol. The summed E-state index contributed by atoms with van der Waals surface area (Å²) in [6.45, 7) is 6.04. The van der Waals surface area contributed by atoms with Gasteiger partial charge in [-0.2, -0.15) is 0 Å². The predicted molar refractivity (Wildman–Crippen MR) is 121 cm³/mol. The molecule has 2 heterocycles. The fourth-order valence-electron chi connectivity index (χ4n) is 3.50. The zero-order chi connectivity index (χ0) is 22.5. The molecule has 0 bridgehead atoms. The van der Waals surface area contributed by atoms with Crippen LogP contribution < -0.4 is 15.0 Å². The number of carbonyl (C=O) groups excluding carboxylic acids is 2. The van der Waals surface area contributed by atoms with Crippen molar-refractivity contribution in [1.82, 2.24) is 9.97 Å². The fourth-order valence-corrected chi connectivity index (χ4v) is 3.50. The summed E-state index contributed by atoms with van der Waals surface area (Å²) in [6, 6.07) is 15.9. The Labute approximate surface area is 186 Å². The number of amides is 1. The summed E-state index contributed by atoms with van der Waals surface area (Å²) < 4.78 is 10.7. The Hall–Kier alpha value is -3.78. The molecule has 4 rings (SSSR count). The number of para-hydroxylation sites is 1. The number of carbonyl (C=O) groups is 2. The first-order valence-corrected chi connectivity index (χ1v) is 10.4. The first-order valence-electron chi connectivity index (χ1n) is 10.4. The molecule has 164 valence electrons. The van der Waals surface area contributed by atoms with Crippen molar-refractivity contribution in [2.24, 2.45) is 0 Å². The molecule has 1 amide bonds. The monoisotopic (exact) mass is 432 g/mol. The van der Waals surface area contributed by atoms with Crippen molar-refractivity contribution in [2.75, 3.05) is 36.5 Å². The zero-order valence-electron chi connectivity index (χ0n) is 18.0. The number of ether oxygens (including phenoxy) is 2. The molecule has 1 N–H and O–H groups in total. The van der Waals surface area contributed by atoms with Crippen LogP contribution in [0.15, 0.2) is 54.6 Å². The van der Waals surface area contributed by atoms with Gasteiger partial charge in [0.1, 0.15) is 17.3 Å². The molecule has 3 aromatic rings. The fraction of sp³-hybridized carbons (Fsp3) is 0.250. The molecule has 8 heteroatoms. The Balaban J connectivity index is 1.55. The highest BCUT2D eigenvalue weighted by Gasteiger charge is 2.21. The van der Waals surface area contributed by atoms with Crippen molar-refractivity contribution >= 4 is 23.4 Å². The molecule has 0 saturated carbocycles. The number of rotatable bonds is 5. The predicted octanol–water partition coefficient (Wildman–Crippen LogP) is 4.10. The van der Waals surface area contributed by atoms with Crippen LogP contribution in [0.3, 0.4) is 0 Å². The number of ketones is 1. The lowest BCUT2D eigenvalue weighted by molar-refractivity contribution is 0.101. The topological polar surface area (TPSA) is 93.7 Å². The van der Waals surface area contributed by atoms with Gasteiger partial charge >= 0.3 is 6.09 Å². The molecule has 1 fully saturated rings. The van der Waals surface area contributed by atoms with E-state index < -0.39 is 6.09 Å². The number of benzene rings is 2. The summed E-state index contributed by atoms with van der Waals surface area (Å²) in [5.41, 5.74) is 2.49. The minimum absolute atomic E-state index is 0.109. The summed E-state index contributed by atoms with van der Waals surface area (Å²) in [6.07, 6.45) is -0.580. The maximum absolute atomic E-state index is 12.2. The second-order valence-electron chi connectivity index (χ2n) is 7.40. The third-order valence-corrected chi connectivity index (χ3v) is 5.11. The maximum atomic E-state index is 12.2. The Morgan fingerprint density at radius 1 is 1.00 bits per heavy atom. The van der Waals surface area contributed by atoms with Gasteiger partial charge in [0, 0.05) is 36.8 Å². The van der Waals surface area contributed by atoms with Crippen LogP contribution in [0.4, 0.5) is 16.3 Å². The van der Waals surface area contributed by atoms with E-state index in [2.05, 4.69) is 15.2 Å². The summed E-state index contributed by atoms with van der Waals surface area (Å²) in [7, 11) is 0. The van der Waals surface area contributed by atoms with E-state index in [4.69, 9.17) is 14.5 Å². The number of hydrogen-bond acceptors (Lipinski definition) is 7. The van der Waals surface area contributed by atoms with Gasteiger partial charge in [0.2, 0.25) is 0 Å². The minimum atomic E-state index is -0.580. The second kappa shape index (κ2) is 9.57. The van der Waals surface area contributed by atoms with E-state index in [0.717, 1.165) is 16.9 Å². The third-order valence-electron chi connectivity index (χ3n) is 5.11. The molecule has 0 atom stereocenters. The van der Waals surface area contributed by atoms with Crippen molar-refractivity contribution in [3.63, 3.8) is 0 Å². The summed E-state index contributed by atoms with van der Waals surface area (Å²) in [5.74, 6) is 1.56. The molecule has 1 saturated heterocycles. The third kappa shape index (κ3) is 4.92. The Kier molecular flexibility index (Phi) is 6.42. The van der Waals surface area contributed by atoms with Gasteiger partial charge in [0.25, 0.3) is 0 Å². The van der Waals surface area contributed by atoms with Crippen LogP contribution in [0.1, 0.15) is 23.0 Å². The van der Waals surface area contributed by atoms with E-state index in [1.807, 2.05) is 13.0 Å². The molecule has 0 aliphatic carbocycles. The van der Waals surface area contributed by atoms with Gasteiger partial charge in [0.15, 0.2) is 11.6 Å². The molecule has 8 nitrogen and oxygen atoms in total. The molecule has 0 spiro atoms. The maximum Gasteiger partial charge on any atom is 0.417 e. The normalized spacial score (nSPS) is 13.5. The van der Waals surface area contributed by atoms with Crippen molar-refractivity contribution in [1.29, 1.82) is 0 Å².